The summed E-state index contributed by atoms with van der Waals surface area (Å²) in [6.45, 7) is 6.57. The average molecular weight is 533 g/mol. The normalized spacial score (nSPS) is 14.0. The lowest BCUT2D eigenvalue weighted by Gasteiger charge is -2.30. The van der Waals surface area contributed by atoms with E-state index in [4.69, 9.17) is 17.0 Å². The average Bonchev–Trinajstić information content (AvgIpc) is 2.80. The van der Waals surface area contributed by atoms with E-state index in [1.54, 1.807) is 42.5 Å². The summed E-state index contributed by atoms with van der Waals surface area (Å²) in [7, 11) is 0. The maximum absolute atomic E-state index is 12.7. The van der Waals surface area contributed by atoms with Gasteiger partial charge in [-0.25, -0.2) is 0 Å². The minimum absolute atomic E-state index is 0.0528. The lowest BCUT2D eigenvalue weighted by atomic mass is 9.98. The number of anilines is 1. The van der Waals surface area contributed by atoms with Crippen molar-refractivity contribution < 1.29 is 14.3 Å². The molecule has 1 aliphatic heterocycles. The number of unbranched alkanes of at least 4 members (excludes halogenated alkanes) is 1. The molecule has 1 saturated heterocycles. The molecule has 2 aromatic carbocycles. The number of carbonyl (C=O) groups excluding carboxylic acids is 2. The number of hydrogen-bond donors (Lipinski definition) is 2. The second-order valence-electron chi connectivity index (χ2n) is 8.31. The minimum atomic E-state index is -0.320. The van der Waals surface area contributed by atoms with Crippen molar-refractivity contribution >= 4 is 50.8 Å². The summed E-state index contributed by atoms with van der Waals surface area (Å²) in [5, 5.41) is 5.86. The van der Waals surface area contributed by atoms with E-state index in [-0.39, 0.29) is 16.9 Å². The predicted octanol–water partition coefficient (Wildman–Crippen LogP) is 5.63. The van der Waals surface area contributed by atoms with E-state index < -0.39 is 0 Å². The SMILES string of the molecule is CCCCOc1ccc(C(=O)NC(=S)Nc2ccc(C(=O)N3CCC(C)CC3)cc2)cc1Br. The van der Waals surface area contributed by atoms with Gasteiger partial charge in [0.05, 0.1) is 11.1 Å². The first kappa shape index (κ1) is 25.2. The summed E-state index contributed by atoms with van der Waals surface area (Å²) in [5.41, 5.74) is 1.81. The van der Waals surface area contributed by atoms with Crippen molar-refractivity contribution in [2.24, 2.45) is 5.92 Å². The molecule has 0 bridgehead atoms. The van der Waals surface area contributed by atoms with Gasteiger partial charge in [0.1, 0.15) is 5.75 Å². The van der Waals surface area contributed by atoms with Crippen LogP contribution in [0.5, 0.6) is 5.75 Å². The van der Waals surface area contributed by atoms with Gasteiger partial charge in [-0.15, -0.1) is 0 Å². The van der Waals surface area contributed by atoms with Crippen molar-refractivity contribution in [3.63, 3.8) is 0 Å². The number of benzene rings is 2. The Kier molecular flexibility index (Phi) is 9.26. The van der Waals surface area contributed by atoms with Crippen molar-refractivity contribution in [1.29, 1.82) is 0 Å². The molecular weight excluding hydrogens is 502 g/mol. The van der Waals surface area contributed by atoms with E-state index in [1.807, 2.05) is 4.90 Å². The molecule has 2 aromatic rings. The molecule has 0 atom stereocenters. The molecule has 176 valence electrons. The molecule has 1 aliphatic rings. The summed E-state index contributed by atoms with van der Waals surface area (Å²) < 4.78 is 6.41. The van der Waals surface area contributed by atoms with E-state index in [2.05, 4.69) is 40.4 Å². The number of halogens is 1. The first-order valence-corrected chi connectivity index (χ1v) is 12.5. The molecule has 1 fully saturated rings. The van der Waals surface area contributed by atoms with E-state index in [0.29, 0.717) is 39.6 Å². The quantitative estimate of drug-likeness (QED) is 0.358. The molecule has 33 heavy (non-hydrogen) atoms. The zero-order chi connectivity index (χ0) is 23.8. The highest BCUT2D eigenvalue weighted by atomic mass is 79.9. The van der Waals surface area contributed by atoms with Crippen molar-refractivity contribution in [2.45, 2.75) is 39.5 Å². The van der Waals surface area contributed by atoms with Crippen LogP contribution in [-0.2, 0) is 0 Å². The molecule has 8 heteroatoms. The van der Waals surface area contributed by atoms with Gasteiger partial charge in [-0.3, -0.25) is 14.9 Å². The summed E-state index contributed by atoms with van der Waals surface area (Å²) in [4.78, 5) is 27.1. The van der Waals surface area contributed by atoms with Gasteiger partial charge >= 0.3 is 0 Å². The zero-order valence-corrected chi connectivity index (χ0v) is 21.4. The zero-order valence-electron chi connectivity index (χ0n) is 19.0. The van der Waals surface area contributed by atoms with E-state index >= 15 is 0 Å². The Balaban J connectivity index is 1.52. The van der Waals surface area contributed by atoms with Gasteiger partial charge in [-0.1, -0.05) is 20.3 Å². The van der Waals surface area contributed by atoms with Gasteiger partial charge in [0.15, 0.2) is 5.11 Å². The van der Waals surface area contributed by atoms with Crippen LogP contribution in [0.1, 0.15) is 60.2 Å². The number of thiocarbonyl (C=S) groups is 1. The van der Waals surface area contributed by atoms with Gasteiger partial charge in [0.2, 0.25) is 0 Å². The lowest BCUT2D eigenvalue weighted by molar-refractivity contribution is 0.0697. The van der Waals surface area contributed by atoms with Crippen LogP contribution in [0, 0.1) is 5.92 Å². The molecule has 3 rings (SSSR count). The Morgan fingerprint density at radius 3 is 2.42 bits per heavy atom. The molecule has 1 heterocycles. The smallest absolute Gasteiger partial charge is 0.257 e. The minimum Gasteiger partial charge on any atom is -0.492 e. The highest BCUT2D eigenvalue weighted by Crippen LogP contribution is 2.26. The topological polar surface area (TPSA) is 70.7 Å². The van der Waals surface area contributed by atoms with Gasteiger partial charge in [-0.2, -0.15) is 0 Å². The molecule has 0 unspecified atom stereocenters. The Bertz CT molecular complexity index is 989. The van der Waals surface area contributed by atoms with Gasteiger partial charge in [0.25, 0.3) is 11.8 Å². The number of ether oxygens (including phenoxy) is 1. The Labute approximate surface area is 209 Å². The Hall–Kier alpha value is -2.45. The number of likely N-dealkylation sites (tertiary alicyclic amines) is 1. The number of piperidine rings is 1. The van der Waals surface area contributed by atoms with E-state index in [1.165, 1.54) is 0 Å². The van der Waals surface area contributed by atoms with Crippen LogP contribution in [0.2, 0.25) is 0 Å². The molecule has 0 aromatic heterocycles. The third kappa shape index (κ3) is 7.27. The van der Waals surface area contributed by atoms with Crippen LogP contribution >= 0.6 is 28.1 Å². The maximum atomic E-state index is 12.7. The second kappa shape index (κ2) is 12.1. The van der Waals surface area contributed by atoms with Crippen LogP contribution in [0.15, 0.2) is 46.9 Å². The maximum Gasteiger partial charge on any atom is 0.257 e. The molecule has 2 amide bonds. The number of rotatable bonds is 7. The Morgan fingerprint density at radius 2 is 1.79 bits per heavy atom. The fourth-order valence-electron chi connectivity index (χ4n) is 3.51. The van der Waals surface area contributed by atoms with E-state index in [9.17, 15) is 9.59 Å². The molecule has 0 radical (unpaired) electrons. The van der Waals surface area contributed by atoms with Crippen molar-refractivity contribution in [3.8, 4) is 5.75 Å². The largest absolute Gasteiger partial charge is 0.492 e. The first-order chi connectivity index (χ1) is 15.9. The van der Waals surface area contributed by atoms with Gasteiger partial charge in [0, 0.05) is 29.9 Å². The van der Waals surface area contributed by atoms with Gasteiger partial charge in [-0.05, 0) is 95.8 Å². The standard InChI is InChI=1S/C25H30BrN3O3S/c1-3-4-15-32-22-10-7-19(16-21(22)26)23(30)28-25(33)27-20-8-5-18(6-9-20)24(31)29-13-11-17(2)12-14-29/h5-10,16-17H,3-4,11-15H2,1-2H3,(H2,27,28,30,33). The molecule has 0 spiro atoms. The molecule has 6 nitrogen and oxygen atoms in total. The molecule has 0 aliphatic carbocycles. The van der Waals surface area contributed by atoms with Crippen molar-refractivity contribution in [3.05, 3.63) is 58.1 Å². The number of amides is 2. The monoisotopic (exact) mass is 531 g/mol. The van der Waals surface area contributed by atoms with E-state index in [0.717, 1.165) is 38.8 Å². The fraction of sp³-hybridized carbons (Fsp3) is 0.400. The first-order valence-electron chi connectivity index (χ1n) is 11.3. The van der Waals surface area contributed by atoms with Crippen LogP contribution in [0.3, 0.4) is 0 Å². The third-order valence-electron chi connectivity index (χ3n) is 5.64. The third-order valence-corrected chi connectivity index (χ3v) is 6.46. The fourth-order valence-corrected chi connectivity index (χ4v) is 4.22. The van der Waals surface area contributed by atoms with Crippen molar-refractivity contribution in [2.75, 3.05) is 25.0 Å². The number of nitrogens with zero attached hydrogens (tertiary/aromatic N) is 1. The predicted molar refractivity (Wildman–Crippen MR) is 139 cm³/mol. The second-order valence-corrected chi connectivity index (χ2v) is 9.57. The number of carbonyl (C=O) groups is 2. The lowest BCUT2D eigenvalue weighted by Crippen LogP contribution is -2.37. The van der Waals surface area contributed by atoms with Crippen LogP contribution in [0.4, 0.5) is 5.69 Å². The van der Waals surface area contributed by atoms with Crippen LogP contribution in [0.25, 0.3) is 0 Å². The molecule has 2 N–H and O–H groups in total. The summed E-state index contributed by atoms with van der Waals surface area (Å²) in [6, 6.07) is 12.3. The number of hydrogen-bond acceptors (Lipinski definition) is 4. The highest BCUT2D eigenvalue weighted by Gasteiger charge is 2.21. The van der Waals surface area contributed by atoms with Crippen LogP contribution in [-0.4, -0.2) is 41.5 Å². The Morgan fingerprint density at radius 1 is 1.12 bits per heavy atom. The van der Waals surface area contributed by atoms with Crippen molar-refractivity contribution in [1.82, 2.24) is 10.2 Å². The highest BCUT2D eigenvalue weighted by molar-refractivity contribution is 9.10. The number of nitrogens with one attached hydrogen (secondary N) is 2. The molecule has 0 saturated carbocycles. The summed E-state index contributed by atoms with van der Waals surface area (Å²) >= 11 is 8.74. The summed E-state index contributed by atoms with van der Waals surface area (Å²) in [6.07, 6.45) is 4.12. The molecular formula is C25H30BrN3O3S. The summed E-state index contributed by atoms with van der Waals surface area (Å²) in [5.74, 6) is 1.11. The van der Waals surface area contributed by atoms with Crippen LogP contribution < -0.4 is 15.4 Å². The van der Waals surface area contributed by atoms with Gasteiger partial charge < -0.3 is 15.0 Å².